The lowest BCUT2D eigenvalue weighted by Crippen LogP contribution is -1.97. The summed E-state index contributed by atoms with van der Waals surface area (Å²) >= 11 is 3.32. The van der Waals surface area contributed by atoms with Gasteiger partial charge < -0.3 is 9.47 Å². The van der Waals surface area contributed by atoms with Crippen LogP contribution in [0.3, 0.4) is 0 Å². The van der Waals surface area contributed by atoms with Crippen molar-refractivity contribution in [2.75, 3.05) is 14.2 Å². The second kappa shape index (κ2) is 6.76. The topological polar surface area (TPSA) is 61.5 Å². The number of benzene rings is 1. The molecule has 0 radical (unpaired) electrons. The monoisotopic (exact) mass is 350 g/mol. The molecule has 0 saturated carbocycles. The van der Waals surface area contributed by atoms with Gasteiger partial charge in [-0.2, -0.15) is 21.4 Å². The fraction of sp³-hybridized carbons (Fsp3) is 0.400. The first kappa shape index (κ1) is 16.1. The van der Waals surface area contributed by atoms with Gasteiger partial charge in [-0.3, -0.25) is 0 Å². The molecule has 0 fully saturated rings. The number of methoxy groups -OCH3 is 2. The van der Waals surface area contributed by atoms with Crippen molar-refractivity contribution in [3.05, 3.63) is 24.0 Å². The molecule has 3 aromatic rings. The van der Waals surface area contributed by atoms with Crippen LogP contribution in [0.25, 0.3) is 15.5 Å². The molecule has 2 aromatic heterocycles. The summed E-state index contributed by atoms with van der Waals surface area (Å²) in [7, 11) is 3.27. The van der Waals surface area contributed by atoms with Crippen molar-refractivity contribution in [3.63, 3.8) is 0 Å². The summed E-state index contributed by atoms with van der Waals surface area (Å²) in [5.41, 5.74) is 0.944. The molecule has 0 aliphatic heterocycles. The largest absolute Gasteiger partial charge is 0.497 e. The fourth-order valence-electron chi connectivity index (χ4n) is 2.04. The molecule has 8 heteroatoms. The minimum atomic E-state index is 0.545. The third kappa shape index (κ3) is 3.42. The Labute approximate surface area is 142 Å². The molecule has 23 heavy (non-hydrogen) atoms. The first-order valence-electron chi connectivity index (χ1n) is 7.17. The Bertz CT molecular complexity index is 791. The zero-order chi connectivity index (χ0) is 16.4. The number of thioether (sulfide) groups is 1. The van der Waals surface area contributed by atoms with Gasteiger partial charge in [0.05, 0.1) is 20.0 Å². The smallest absolute Gasteiger partial charge is 0.235 e. The summed E-state index contributed by atoms with van der Waals surface area (Å²) in [4.78, 5) is 0.793. The van der Waals surface area contributed by atoms with E-state index in [-0.39, 0.29) is 0 Å². The molecule has 122 valence electrons. The Morgan fingerprint density at radius 2 is 1.83 bits per heavy atom. The van der Waals surface area contributed by atoms with Crippen LogP contribution in [0.15, 0.2) is 18.2 Å². The minimum Gasteiger partial charge on any atom is -0.497 e. The molecule has 0 amide bonds. The van der Waals surface area contributed by atoms with Crippen molar-refractivity contribution in [2.24, 2.45) is 0 Å². The van der Waals surface area contributed by atoms with E-state index in [4.69, 9.17) is 9.47 Å². The third-order valence-corrected chi connectivity index (χ3v) is 5.24. The second-order valence-corrected chi connectivity index (χ2v) is 7.70. The average molecular weight is 350 g/mol. The zero-order valence-electron chi connectivity index (χ0n) is 13.4. The van der Waals surface area contributed by atoms with Crippen LogP contribution < -0.4 is 9.47 Å². The van der Waals surface area contributed by atoms with Crippen molar-refractivity contribution < 1.29 is 9.47 Å². The molecule has 6 nitrogen and oxygen atoms in total. The zero-order valence-corrected chi connectivity index (χ0v) is 15.1. The summed E-state index contributed by atoms with van der Waals surface area (Å²) in [6, 6.07) is 5.72. The SMILES string of the molecule is COc1cc(OC)cc(-c2nn3c(CSC(C)C)nnc3s2)c1. The number of hydrogen-bond donors (Lipinski definition) is 0. The fourth-order valence-corrected chi connectivity index (χ4v) is 3.54. The van der Waals surface area contributed by atoms with Gasteiger partial charge in [-0.15, -0.1) is 10.2 Å². The van der Waals surface area contributed by atoms with E-state index in [9.17, 15) is 0 Å². The third-order valence-electron chi connectivity index (χ3n) is 3.20. The molecule has 0 aliphatic rings. The number of rotatable bonds is 6. The van der Waals surface area contributed by atoms with Crippen LogP contribution in [0.5, 0.6) is 11.5 Å². The Kier molecular flexibility index (Phi) is 4.72. The van der Waals surface area contributed by atoms with Gasteiger partial charge in [-0.25, -0.2) is 0 Å². The van der Waals surface area contributed by atoms with Gasteiger partial charge >= 0.3 is 0 Å². The van der Waals surface area contributed by atoms with Gasteiger partial charge in [0, 0.05) is 11.6 Å². The van der Waals surface area contributed by atoms with Crippen molar-refractivity contribution >= 4 is 28.1 Å². The second-order valence-electron chi connectivity index (χ2n) is 5.18. The molecule has 1 aromatic carbocycles. The van der Waals surface area contributed by atoms with Gasteiger partial charge in [-0.1, -0.05) is 25.2 Å². The van der Waals surface area contributed by atoms with Crippen LogP contribution in [0.2, 0.25) is 0 Å². The lowest BCUT2D eigenvalue weighted by Gasteiger charge is -2.06. The molecule has 0 saturated heterocycles. The maximum absolute atomic E-state index is 5.32. The van der Waals surface area contributed by atoms with Crippen molar-refractivity contribution in [1.82, 2.24) is 19.8 Å². The van der Waals surface area contributed by atoms with Crippen LogP contribution >= 0.6 is 23.1 Å². The first-order chi connectivity index (χ1) is 11.1. The van der Waals surface area contributed by atoms with Gasteiger partial charge in [-0.05, 0) is 17.4 Å². The summed E-state index contributed by atoms with van der Waals surface area (Å²) in [5, 5.41) is 14.5. The summed E-state index contributed by atoms with van der Waals surface area (Å²) < 4.78 is 12.5. The van der Waals surface area contributed by atoms with Crippen molar-refractivity contribution in [3.8, 4) is 22.1 Å². The Morgan fingerprint density at radius 1 is 1.13 bits per heavy atom. The molecule has 0 atom stereocenters. The highest BCUT2D eigenvalue weighted by Crippen LogP contribution is 2.32. The Balaban J connectivity index is 1.97. The summed E-state index contributed by atoms with van der Waals surface area (Å²) in [5.74, 6) is 3.14. The van der Waals surface area contributed by atoms with Crippen molar-refractivity contribution in [1.29, 1.82) is 0 Å². The molecule has 0 N–H and O–H groups in total. The highest BCUT2D eigenvalue weighted by atomic mass is 32.2. The van der Waals surface area contributed by atoms with E-state index in [2.05, 4.69) is 29.1 Å². The minimum absolute atomic E-state index is 0.545. The maximum Gasteiger partial charge on any atom is 0.235 e. The number of ether oxygens (including phenoxy) is 2. The molecule has 3 rings (SSSR count). The highest BCUT2D eigenvalue weighted by Gasteiger charge is 2.15. The first-order valence-corrected chi connectivity index (χ1v) is 9.03. The number of nitrogens with zero attached hydrogens (tertiary/aromatic N) is 4. The maximum atomic E-state index is 5.32. The predicted molar refractivity (Wildman–Crippen MR) is 93.6 cm³/mol. The Morgan fingerprint density at radius 3 is 2.43 bits per heavy atom. The van der Waals surface area contributed by atoms with Crippen LogP contribution in [-0.2, 0) is 5.75 Å². The molecule has 0 spiro atoms. The van der Waals surface area contributed by atoms with Gasteiger partial charge in [0.2, 0.25) is 4.96 Å². The van der Waals surface area contributed by atoms with Crippen LogP contribution in [-0.4, -0.2) is 39.3 Å². The molecule has 2 heterocycles. The number of aromatic nitrogens is 4. The van der Waals surface area contributed by atoms with Crippen LogP contribution in [0.1, 0.15) is 19.7 Å². The van der Waals surface area contributed by atoms with E-state index in [0.29, 0.717) is 5.25 Å². The van der Waals surface area contributed by atoms with Crippen LogP contribution in [0, 0.1) is 0 Å². The normalized spacial score (nSPS) is 11.3. The van der Waals surface area contributed by atoms with E-state index >= 15 is 0 Å². The average Bonchev–Trinajstić information content (AvgIpc) is 3.13. The predicted octanol–water partition coefficient (Wildman–Crippen LogP) is 3.51. The van der Waals surface area contributed by atoms with Crippen molar-refractivity contribution in [2.45, 2.75) is 24.9 Å². The van der Waals surface area contributed by atoms with Crippen LogP contribution in [0.4, 0.5) is 0 Å². The molecule has 0 bridgehead atoms. The Hall–Kier alpha value is -1.80. The summed E-state index contributed by atoms with van der Waals surface area (Å²) in [6.07, 6.45) is 0. The molecule has 0 aliphatic carbocycles. The lowest BCUT2D eigenvalue weighted by molar-refractivity contribution is 0.394. The summed E-state index contributed by atoms with van der Waals surface area (Å²) in [6.45, 7) is 4.33. The van der Waals surface area contributed by atoms with E-state index in [1.54, 1.807) is 14.2 Å². The molecular formula is C15H18N4O2S2. The lowest BCUT2D eigenvalue weighted by atomic mass is 10.2. The standard InChI is InChI=1S/C15H18N4O2S2/c1-9(2)22-8-13-16-17-15-19(13)18-14(23-15)10-5-11(20-3)7-12(6-10)21-4/h5-7,9H,8H2,1-4H3. The van der Waals surface area contributed by atoms with Gasteiger partial charge in [0.1, 0.15) is 16.5 Å². The van der Waals surface area contributed by atoms with Gasteiger partial charge in [0.15, 0.2) is 5.82 Å². The molecular weight excluding hydrogens is 332 g/mol. The van der Waals surface area contributed by atoms with E-state index in [1.165, 1.54) is 11.3 Å². The quantitative estimate of drug-likeness (QED) is 0.678. The number of hydrogen-bond acceptors (Lipinski definition) is 7. The molecule has 0 unspecified atom stereocenters. The van der Waals surface area contributed by atoms with Gasteiger partial charge in [0.25, 0.3) is 0 Å². The highest BCUT2D eigenvalue weighted by molar-refractivity contribution is 7.99. The number of fused-ring (bicyclic) bond motifs is 1. The van der Waals surface area contributed by atoms with E-state index < -0.39 is 0 Å². The van der Waals surface area contributed by atoms with E-state index in [1.807, 2.05) is 34.5 Å². The van der Waals surface area contributed by atoms with E-state index in [0.717, 1.165) is 38.6 Å².